The molecule has 0 atom stereocenters. The summed E-state index contributed by atoms with van der Waals surface area (Å²) in [5.74, 6) is 0.0149. The average Bonchev–Trinajstić information content (AvgIpc) is 3.11. The highest BCUT2D eigenvalue weighted by Crippen LogP contribution is 2.28. The van der Waals surface area contributed by atoms with Gasteiger partial charge in [-0.3, -0.25) is 9.69 Å². The van der Waals surface area contributed by atoms with Crippen LogP contribution in [0.15, 0.2) is 30.5 Å². The van der Waals surface area contributed by atoms with Crippen LogP contribution in [0.5, 0.6) is 0 Å². The molecule has 0 radical (unpaired) electrons. The molecule has 0 saturated carbocycles. The van der Waals surface area contributed by atoms with Gasteiger partial charge in [0.15, 0.2) is 0 Å². The maximum Gasteiger partial charge on any atom is 0.231 e. The minimum absolute atomic E-state index is 0.0149. The van der Waals surface area contributed by atoms with Crippen molar-refractivity contribution in [2.24, 2.45) is 11.1 Å². The summed E-state index contributed by atoms with van der Waals surface area (Å²) >= 11 is 0. The van der Waals surface area contributed by atoms with Crippen LogP contribution in [-0.2, 0) is 16.1 Å². The zero-order chi connectivity index (χ0) is 19.3. The zero-order valence-electron chi connectivity index (χ0n) is 16.5. The van der Waals surface area contributed by atoms with E-state index in [1.807, 2.05) is 26.0 Å². The van der Waals surface area contributed by atoms with E-state index in [0.717, 1.165) is 63.3 Å². The summed E-state index contributed by atoms with van der Waals surface area (Å²) in [5.41, 5.74) is 7.43. The molecule has 1 fully saturated rings. The molecule has 6 heteroatoms. The number of aromatic nitrogens is 1. The summed E-state index contributed by atoms with van der Waals surface area (Å²) in [7, 11) is 0. The van der Waals surface area contributed by atoms with Crippen LogP contribution < -0.4 is 11.1 Å². The van der Waals surface area contributed by atoms with Crippen molar-refractivity contribution in [3.05, 3.63) is 30.5 Å². The molecule has 1 amide bonds. The Morgan fingerprint density at radius 2 is 1.93 bits per heavy atom. The van der Waals surface area contributed by atoms with E-state index in [4.69, 9.17) is 10.5 Å². The Kier molecular flexibility index (Phi) is 6.52. The summed E-state index contributed by atoms with van der Waals surface area (Å²) in [6.07, 6.45) is 3.61. The third kappa shape index (κ3) is 4.34. The first-order valence-corrected chi connectivity index (χ1v) is 10.0. The predicted molar refractivity (Wildman–Crippen MR) is 110 cm³/mol. The topological polar surface area (TPSA) is 72.5 Å². The van der Waals surface area contributed by atoms with Crippen molar-refractivity contribution in [3.8, 4) is 0 Å². The van der Waals surface area contributed by atoms with Gasteiger partial charge in [0, 0.05) is 55.5 Å². The fraction of sp³-hybridized carbons (Fsp3) is 0.571. The lowest BCUT2D eigenvalue weighted by Crippen LogP contribution is -2.41. The number of anilines is 1. The van der Waals surface area contributed by atoms with Gasteiger partial charge in [0.1, 0.15) is 0 Å². The van der Waals surface area contributed by atoms with Crippen molar-refractivity contribution in [2.45, 2.75) is 33.2 Å². The van der Waals surface area contributed by atoms with Crippen molar-refractivity contribution < 1.29 is 9.53 Å². The second-order valence-corrected chi connectivity index (χ2v) is 7.38. The lowest BCUT2D eigenvalue weighted by molar-refractivity contribution is -0.125. The molecular formula is C21H32N4O2. The molecule has 0 unspecified atom stereocenters. The van der Waals surface area contributed by atoms with Crippen LogP contribution in [0.25, 0.3) is 10.9 Å². The Balaban J connectivity index is 1.68. The van der Waals surface area contributed by atoms with Crippen molar-refractivity contribution in [3.63, 3.8) is 0 Å². The predicted octanol–water partition coefficient (Wildman–Crippen LogP) is 2.68. The number of benzene rings is 1. The van der Waals surface area contributed by atoms with E-state index in [2.05, 4.69) is 33.1 Å². The number of ether oxygens (including phenoxy) is 1. The van der Waals surface area contributed by atoms with Crippen molar-refractivity contribution in [1.29, 1.82) is 0 Å². The van der Waals surface area contributed by atoms with Gasteiger partial charge in [-0.05, 0) is 37.1 Å². The van der Waals surface area contributed by atoms with Crippen LogP contribution in [0.3, 0.4) is 0 Å². The maximum atomic E-state index is 12.7. The molecule has 1 aliphatic heterocycles. The molecule has 0 spiro atoms. The van der Waals surface area contributed by atoms with Gasteiger partial charge in [-0.2, -0.15) is 0 Å². The van der Waals surface area contributed by atoms with Crippen LogP contribution in [0.4, 0.5) is 5.69 Å². The molecule has 0 aliphatic carbocycles. The van der Waals surface area contributed by atoms with E-state index in [0.29, 0.717) is 6.54 Å². The van der Waals surface area contributed by atoms with Gasteiger partial charge in [-0.1, -0.05) is 13.8 Å². The van der Waals surface area contributed by atoms with Crippen LogP contribution in [0.2, 0.25) is 0 Å². The monoisotopic (exact) mass is 372 g/mol. The van der Waals surface area contributed by atoms with E-state index < -0.39 is 5.41 Å². The highest BCUT2D eigenvalue weighted by atomic mass is 16.5. The molecule has 1 aromatic heterocycles. The van der Waals surface area contributed by atoms with Gasteiger partial charge in [0.05, 0.1) is 18.6 Å². The van der Waals surface area contributed by atoms with Crippen molar-refractivity contribution >= 4 is 22.5 Å². The van der Waals surface area contributed by atoms with Gasteiger partial charge >= 0.3 is 0 Å². The molecule has 3 N–H and O–H groups in total. The Morgan fingerprint density at radius 3 is 2.59 bits per heavy atom. The summed E-state index contributed by atoms with van der Waals surface area (Å²) < 4.78 is 7.69. The van der Waals surface area contributed by atoms with E-state index in [1.54, 1.807) is 0 Å². The zero-order valence-corrected chi connectivity index (χ0v) is 16.5. The fourth-order valence-corrected chi connectivity index (χ4v) is 3.76. The minimum atomic E-state index is -0.487. The molecular weight excluding hydrogens is 340 g/mol. The minimum Gasteiger partial charge on any atom is -0.379 e. The number of carbonyl (C=O) groups is 1. The summed E-state index contributed by atoms with van der Waals surface area (Å²) in [5, 5.41) is 4.21. The summed E-state index contributed by atoms with van der Waals surface area (Å²) in [6, 6.07) is 8.23. The number of amides is 1. The lowest BCUT2D eigenvalue weighted by Gasteiger charge is -2.28. The Bertz CT molecular complexity index is 752. The number of nitrogens with one attached hydrogen (secondary N) is 1. The highest BCUT2D eigenvalue weighted by molar-refractivity contribution is 5.97. The lowest BCUT2D eigenvalue weighted by atomic mass is 9.81. The van der Waals surface area contributed by atoms with Crippen LogP contribution in [0.1, 0.15) is 26.7 Å². The Labute approximate surface area is 161 Å². The largest absolute Gasteiger partial charge is 0.379 e. The summed E-state index contributed by atoms with van der Waals surface area (Å²) in [6.45, 7) is 10.1. The first-order chi connectivity index (χ1) is 13.1. The molecule has 6 nitrogen and oxygen atoms in total. The molecule has 2 aromatic rings. The number of nitrogens with zero attached hydrogens (tertiary/aromatic N) is 2. The number of morpholine rings is 1. The number of fused-ring (bicyclic) bond motifs is 1. The van der Waals surface area contributed by atoms with Crippen LogP contribution in [0, 0.1) is 5.41 Å². The molecule has 27 heavy (non-hydrogen) atoms. The third-order valence-electron chi connectivity index (χ3n) is 6.02. The molecule has 1 aromatic carbocycles. The number of hydrogen-bond acceptors (Lipinski definition) is 4. The van der Waals surface area contributed by atoms with Crippen LogP contribution >= 0.6 is 0 Å². The number of hydrogen-bond donors (Lipinski definition) is 2. The second kappa shape index (κ2) is 8.87. The van der Waals surface area contributed by atoms with Gasteiger partial charge < -0.3 is 20.4 Å². The molecule has 3 rings (SSSR count). The second-order valence-electron chi connectivity index (χ2n) is 7.38. The maximum absolute atomic E-state index is 12.7. The van der Waals surface area contributed by atoms with Crippen molar-refractivity contribution in [1.82, 2.24) is 9.47 Å². The van der Waals surface area contributed by atoms with Gasteiger partial charge in [0.25, 0.3) is 0 Å². The van der Waals surface area contributed by atoms with E-state index in [-0.39, 0.29) is 5.91 Å². The molecule has 0 bridgehead atoms. The number of nitrogens with two attached hydrogens (primary N) is 1. The third-order valence-corrected chi connectivity index (χ3v) is 6.02. The Hall–Kier alpha value is -1.89. The average molecular weight is 373 g/mol. The van der Waals surface area contributed by atoms with E-state index >= 15 is 0 Å². The number of rotatable bonds is 8. The molecule has 1 aliphatic rings. The van der Waals surface area contributed by atoms with E-state index in [1.165, 1.54) is 5.52 Å². The highest BCUT2D eigenvalue weighted by Gasteiger charge is 2.33. The quantitative estimate of drug-likeness (QED) is 0.747. The van der Waals surface area contributed by atoms with E-state index in [9.17, 15) is 4.79 Å². The molecule has 1 saturated heterocycles. The smallest absolute Gasteiger partial charge is 0.231 e. The van der Waals surface area contributed by atoms with Crippen molar-refractivity contribution in [2.75, 3.05) is 44.7 Å². The fourth-order valence-electron chi connectivity index (χ4n) is 3.76. The first kappa shape index (κ1) is 19.9. The standard InChI is InChI=1S/C21H32N4O2/c1-3-21(4-2,16-22)20(26)23-18-5-6-19-17(15-18)7-8-25(19)10-9-24-11-13-27-14-12-24/h5-8,15H,3-4,9-14,16,22H2,1-2H3,(H,23,26). The van der Waals surface area contributed by atoms with Gasteiger partial charge in [0.2, 0.25) is 5.91 Å². The number of carbonyl (C=O) groups excluding carboxylic acids is 1. The normalized spacial score (nSPS) is 16.0. The van der Waals surface area contributed by atoms with Gasteiger partial charge in [-0.15, -0.1) is 0 Å². The SMILES string of the molecule is CCC(CC)(CN)C(=O)Nc1ccc2c(ccn2CCN2CCOCC2)c1. The first-order valence-electron chi connectivity index (χ1n) is 10.0. The summed E-state index contributed by atoms with van der Waals surface area (Å²) in [4.78, 5) is 15.2. The molecule has 2 heterocycles. The Morgan fingerprint density at radius 1 is 1.19 bits per heavy atom. The van der Waals surface area contributed by atoms with Gasteiger partial charge in [-0.25, -0.2) is 0 Å². The molecule has 148 valence electrons. The van der Waals surface area contributed by atoms with Crippen LogP contribution in [-0.4, -0.2) is 54.8 Å².